The first-order valence-electron chi connectivity index (χ1n) is 9.39. The Morgan fingerprint density at radius 3 is 2.00 bits per heavy atom. The van der Waals surface area contributed by atoms with E-state index in [0.717, 1.165) is 12.1 Å². The Kier molecular flexibility index (Phi) is 6.66. The number of nitrogens with zero attached hydrogens (tertiary/aromatic N) is 2. The fourth-order valence-corrected chi connectivity index (χ4v) is 2.59. The average molecular weight is 461 g/mol. The molecule has 0 saturated carbocycles. The summed E-state index contributed by atoms with van der Waals surface area (Å²) < 4.78 is 46.1. The van der Waals surface area contributed by atoms with Gasteiger partial charge in [-0.15, -0.1) is 13.2 Å². The van der Waals surface area contributed by atoms with Gasteiger partial charge in [-0.05, 0) is 55.5 Å². The summed E-state index contributed by atoms with van der Waals surface area (Å²) in [6.07, 6.45) is -4.78. The maximum Gasteiger partial charge on any atom is 0.573 e. The Morgan fingerprint density at radius 2 is 1.48 bits per heavy atom. The van der Waals surface area contributed by atoms with Gasteiger partial charge in [0, 0.05) is 11.6 Å². The largest absolute Gasteiger partial charge is 0.573 e. The first-order chi connectivity index (χ1) is 15.5. The molecule has 0 bridgehead atoms. The number of amides is 2. The molecule has 0 saturated heterocycles. The molecule has 5 N–H and O–H groups in total. The second-order valence-corrected chi connectivity index (χ2v) is 6.74. The van der Waals surface area contributed by atoms with Crippen molar-refractivity contribution in [2.24, 2.45) is 11.5 Å². The molecule has 2 amide bonds. The summed E-state index contributed by atoms with van der Waals surface area (Å²) in [7, 11) is 0. The van der Waals surface area contributed by atoms with Crippen LogP contribution in [0.1, 0.15) is 17.4 Å². The van der Waals surface area contributed by atoms with Gasteiger partial charge >= 0.3 is 6.36 Å². The molecule has 0 aliphatic heterocycles. The van der Waals surface area contributed by atoms with Crippen LogP contribution in [0.3, 0.4) is 0 Å². The molecular weight excluding hydrogens is 443 g/mol. The van der Waals surface area contributed by atoms with Crippen LogP contribution in [-0.4, -0.2) is 34.2 Å². The SMILES string of the molecule is C[C@H](Nc1cc(C(N)=O)nc(-c2ccc(Oc3ccc(OC(F)(F)F)cc3)cc2)n1)C(N)=O. The molecule has 9 nitrogen and oxygen atoms in total. The zero-order valence-electron chi connectivity index (χ0n) is 17.1. The standard InChI is InChI=1S/C21H18F3N5O4/c1-11(18(25)30)27-17-10-16(19(26)31)28-20(29-17)12-2-4-13(5-3-12)32-14-6-8-15(9-7-14)33-21(22,23)24/h2-11H,1H3,(H2,25,30)(H2,26,31)(H,27,28,29)/t11-/m0/s1. The lowest BCUT2D eigenvalue weighted by molar-refractivity contribution is -0.274. The zero-order chi connectivity index (χ0) is 24.2. The van der Waals surface area contributed by atoms with Crippen molar-refractivity contribution in [3.63, 3.8) is 0 Å². The smallest absolute Gasteiger partial charge is 0.457 e. The maximum absolute atomic E-state index is 12.2. The Bertz CT molecular complexity index is 1150. The highest BCUT2D eigenvalue weighted by Crippen LogP contribution is 2.28. The van der Waals surface area contributed by atoms with E-state index >= 15 is 0 Å². The Hall–Kier alpha value is -4.35. The third-order valence-corrected chi connectivity index (χ3v) is 4.18. The molecule has 33 heavy (non-hydrogen) atoms. The molecule has 1 heterocycles. The molecule has 0 unspecified atom stereocenters. The molecule has 172 valence electrons. The summed E-state index contributed by atoms with van der Waals surface area (Å²) in [5, 5.41) is 2.77. The number of ether oxygens (including phenoxy) is 2. The van der Waals surface area contributed by atoms with Crippen molar-refractivity contribution in [1.82, 2.24) is 9.97 Å². The van der Waals surface area contributed by atoms with Crippen molar-refractivity contribution in [2.75, 3.05) is 5.32 Å². The Morgan fingerprint density at radius 1 is 0.939 bits per heavy atom. The number of anilines is 1. The van der Waals surface area contributed by atoms with Gasteiger partial charge in [-0.1, -0.05) is 0 Å². The van der Waals surface area contributed by atoms with E-state index in [2.05, 4.69) is 20.0 Å². The van der Waals surface area contributed by atoms with Crippen molar-refractivity contribution in [2.45, 2.75) is 19.3 Å². The molecule has 2 aromatic carbocycles. The first kappa shape index (κ1) is 23.3. The van der Waals surface area contributed by atoms with E-state index < -0.39 is 24.2 Å². The number of alkyl halides is 3. The van der Waals surface area contributed by atoms with Gasteiger partial charge in [-0.3, -0.25) is 9.59 Å². The molecule has 1 atom stereocenters. The summed E-state index contributed by atoms with van der Waals surface area (Å²) in [5.41, 5.74) is 11.0. The van der Waals surface area contributed by atoms with E-state index in [1.165, 1.54) is 25.1 Å². The van der Waals surface area contributed by atoms with Crippen LogP contribution in [0.25, 0.3) is 11.4 Å². The molecule has 1 aromatic heterocycles. The minimum Gasteiger partial charge on any atom is -0.457 e. The third-order valence-electron chi connectivity index (χ3n) is 4.18. The van der Waals surface area contributed by atoms with Crippen LogP contribution in [0.4, 0.5) is 19.0 Å². The van der Waals surface area contributed by atoms with Gasteiger partial charge in [0.05, 0.1) is 0 Å². The second-order valence-electron chi connectivity index (χ2n) is 6.74. The first-order valence-corrected chi connectivity index (χ1v) is 9.39. The van der Waals surface area contributed by atoms with Crippen molar-refractivity contribution in [3.05, 3.63) is 60.3 Å². The summed E-state index contributed by atoms with van der Waals surface area (Å²) in [6.45, 7) is 1.53. The van der Waals surface area contributed by atoms with Gasteiger partial charge in [-0.25, -0.2) is 9.97 Å². The number of carbonyl (C=O) groups excluding carboxylic acids is 2. The molecule has 0 aliphatic rings. The maximum atomic E-state index is 12.2. The van der Waals surface area contributed by atoms with E-state index in [1.807, 2.05) is 0 Å². The Balaban J connectivity index is 1.78. The van der Waals surface area contributed by atoms with E-state index in [4.69, 9.17) is 16.2 Å². The Labute approximate surface area is 185 Å². The molecule has 0 spiro atoms. The molecule has 0 radical (unpaired) electrons. The van der Waals surface area contributed by atoms with Gasteiger partial charge < -0.3 is 26.3 Å². The molecule has 0 fully saturated rings. The van der Waals surface area contributed by atoms with E-state index in [9.17, 15) is 22.8 Å². The number of halogens is 3. The number of carbonyl (C=O) groups is 2. The van der Waals surface area contributed by atoms with Crippen LogP contribution in [-0.2, 0) is 4.79 Å². The second kappa shape index (κ2) is 9.42. The van der Waals surface area contributed by atoms with Gasteiger partial charge in [0.2, 0.25) is 5.91 Å². The quantitative estimate of drug-likeness (QED) is 0.467. The minimum atomic E-state index is -4.78. The number of rotatable bonds is 8. The predicted octanol–water partition coefficient (Wildman–Crippen LogP) is 3.22. The van der Waals surface area contributed by atoms with Crippen LogP contribution in [0.2, 0.25) is 0 Å². The van der Waals surface area contributed by atoms with Crippen molar-refractivity contribution < 1.29 is 32.2 Å². The molecule has 3 aromatic rings. The molecule has 12 heteroatoms. The molecule has 3 rings (SSSR count). The van der Waals surface area contributed by atoms with E-state index in [1.54, 1.807) is 24.3 Å². The number of nitrogens with two attached hydrogens (primary N) is 2. The normalized spacial score (nSPS) is 12.0. The highest BCUT2D eigenvalue weighted by molar-refractivity contribution is 5.92. The zero-order valence-corrected chi connectivity index (χ0v) is 17.1. The average Bonchev–Trinajstić information content (AvgIpc) is 2.74. The van der Waals surface area contributed by atoms with E-state index in [-0.39, 0.29) is 28.8 Å². The van der Waals surface area contributed by atoms with E-state index in [0.29, 0.717) is 11.3 Å². The lowest BCUT2D eigenvalue weighted by atomic mass is 10.2. The van der Waals surface area contributed by atoms with Gasteiger partial charge in [0.25, 0.3) is 5.91 Å². The van der Waals surface area contributed by atoms with Gasteiger partial charge in [0.15, 0.2) is 5.82 Å². The van der Waals surface area contributed by atoms with Crippen LogP contribution in [0, 0.1) is 0 Å². The number of nitrogens with one attached hydrogen (secondary N) is 1. The fraction of sp³-hybridized carbons (Fsp3) is 0.143. The monoisotopic (exact) mass is 461 g/mol. The van der Waals surface area contributed by atoms with Crippen LogP contribution in [0.5, 0.6) is 17.2 Å². The number of aromatic nitrogens is 2. The minimum absolute atomic E-state index is 0.0688. The summed E-state index contributed by atoms with van der Waals surface area (Å²) >= 11 is 0. The van der Waals surface area contributed by atoms with Crippen LogP contribution < -0.4 is 26.3 Å². The lowest BCUT2D eigenvalue weighted by Crippen LogP contribution is -2.33. The number of hydrogen-bond donors (Lipinski definition) is 3. The summed E-state index contributed by atoms with van der Waals surface area (Å²) in [4.78, 5) is 31.3. The highest BCUT2D eigenvalue weighted by Gasteiger charge is 2.31. The molecular formula is C21H18F3N5O4. The van der Waals surface area contributed by atoms with Gasteiger partial charge in [-0.2, -0.15) is 0 Å². The third kappa shape index (κ3) is 6.56. The van der Waals surface area contributed by atoms with Crippen molar-refractivity contribution in [1.29, 1.82) is 0 Å². The van der Waals surface area contributed by atoms with Crippen LogP contribution in [0.15, 0.2) is 54.6 Å². The van der Waals surface area contributed by atoms with Crippen molar-refractivity contribution in [3.8, 4) is 28.6 Å². The number of benzene rings is 2. The molecule has 0 aliphatic carbocycles. The van der Waals surface area contributed by atoms with Crippen LogP contribution >= 0.6 is 0 Å². The number of hydrogen-bond acceptors (Lipinski definition) is 7. The highest BCUT2D eigenvalue weighted by atomic mass is 19.4. The van der Waals surface area contributed by atoms with Crippen molar-refractivity contribution >= 4 is 17.6 Å². The predicted molar refractivity (Wildman–Crippen MR) is 111 cm³/mol. The lowest BCUT2D eigenvalue weighted by Gasteiger charge is -2.13. The fourth-order valence-electron chi connectivity index (χ4n) is 2.59. The summed E-state index contributed by atoms with van der Waals surface area (Å²) in [5.74, 6) is -0.758. The topological polar surface area (TPSA) is 142 Å². The van der Waals surface area contributed by atoms with Gasteiger partial charge in [0.1, 0.15) is 34.8 Å². The summed E-state index contributed by atoms with van der Waals surface area (Å²) in [6, 6.07) is 11.8. The number of primary amides is 2.